The van der Waals surface area contributed by atoms with E-state index in [1.807, 2.05) is 0 Å². The second-order valence-electron chi connectivity index (χ2n) is 10.5. The highest BCUT2D eigenvalue weighted by atomic mass is 16.2. The summed E-state index contributed by atoms with van der Waals surface area (Å²) in [7, 11) is 0. The van der Waals surface area contributed by atoms with E-state index in [0.29, 0.717) is 23.2 Å². The first-order valence-electron chi connectivity index (χ1n) is 11.5. The number of carbonyl (C=O) groups is 1. The maximum absolute atomic E-state index is 12.7. The third-order valence-corrected chi connectivity index (χ3v) is 7.72. The predicted molar refractivity (Wildman–Crippen MR) is 117 cm³/mol. The van der Waals surface area contributed by atoms with Crippen LogP contribution in [0.3, 0.4) is 0 Å². The first-order valence-corrected chi connectivity index (χ1v) is 11.5. The Morgan fingerprint density at radius 3 is 2.18 bits per heavy atom. The molecule has 1 aromatic rings. The van der Waals surface area contributed by atoms with E-state index < -0.39 is 0 Å². The third kappa shape index (κ3) is 3.95. The van der Waals surface area contributed by atoms with E-state index in [-0.39, 0.29) is 0 Å². The van der Waals surface area contributed by atoms with Gasteiger partial charge in [0.05, 0.1) is 0 Å². The number of piperidine rings is 1. The zero-order chi connectivity index (χ0) is 19.9. The summed E-state index contributed by atoms with van der Waals surface area (Å²) in [6, 6.07) is 9.11. The van der Waals surface area contributed by atoms with Gasteiger partial charge in [-0.1, -0.05) is 39.8 Å². The minimum atomic E-state index is 0.419. The van der Waals surface area contributed by atoms with Crippen molar-refractivity contribution in [3.05, 3.63) is 29.8 Å². The van der Waals surface area contributed by atoms with Crippen molar-refractivity contribution in [3.8, 4) is 0 Å². The van der Waals surface area contributed by atoms with E-state index in [2.05, 4.69) is 61.8 Å². The van der Waals surface area contributed by atoms with Crippen LogP contribution in [0.4, 0.5) is 5.69 Å². The van der Waals surface area contributed by atoms with Crippen LogP contribution in [0.25, 0.3) is 0 Å². The maximum atomic E-state index is 12.7. The van der Waals surface area contributed by atoms with Gasteiger partial charge in [0.2, 0.25) is 5.91 Å². The molecule has 1 aliphatic carbocycles. The lowest BCUT2D eigenvalue weighted by Crippen LogP contribution is -2.62. The fourth-order valence-corrected chi connectivity index (χ4v) is 5.78. The van der Waals surface area contributed by atoms with Crippen molar-refractivity contribution in [1.82, 2.24) is 4.90 Å². The highest BCUT2D eigenvalue weighted by molar-refractivity contribution is 5.76. The fourth-order valence-electron chi connectivity index (χ4n) is 5.78. The Hall–Kier alpha value is -1.51. The predicted octanol–water partition coefficient (Wildman–Crippen LogP) is 5.31. The molecule has 2 heterocycles. The van der Waals surface area contributed by atoms with Gasteiger partial charge in [0, 0.05) is 43.7 Å². The summed E-state index contributed by atoms with van der Waals surface area (Å²) in [5, 5.41) is 0. The van der Waals surface area contributed by atoms with Gasteiger partial charge < -0.3 is 9.80 Å². The summed E-state index contributed by atoms with van der Waals surface area (Å²) in [4.78, 5) is 17.3. The van der Waals surface area contributed by atoms with E-state index in [1.165, 1.54) is 50.0 Å². The molecular formula is C25H38N2O. The molecule has 1 saturated carbocycles. The number of amides is 1. The molecular weight excluding hydrogens is 344 g/mol. The molecule has 0 unspecified atom stereocenters. The van der Waals surface area contributed by atoms with Gasteiger partial charge in [0.15, 0.2) is 0 Å². The summed E-state index contributed by atoms with van der Waals surface area (Å²) in [5.41, 5.74) is 3.29. The van der Waals surface area contributed by atoms with Crippen LogP contribution in [0.15, 0.2) is 24.3 Å². The number of benzene rings is 1. The topological polar surface area (TPSA) is 23.6 Å². The van der Waals surface area contributed by atoms with Gasteiger partial charge in [-0.2, -0.15) is 0 Å². The summed E-state index contributed by atoms with van der Waals surface area (Å²) in [6.45, 7) is 13.5. The highest BCUT2D eigenvalue weighted by Gasteiger charge is 2.52. The van der Waals surface area contributed by atoms with Crippen LogP contribution in [0, 0.1) is 23.2 Å². The number of likely N-dealkylation sites (tertiary alicyclic amines) is 1. The van der Waals surface area contributed by atoms with Crippen molar-refractivity contribution < 1.29 is 4.79 Å². The number of hydrogen-bond donors (Lipinski definition) is 0. The van der Waals surface area contributed by atoms with Gasteiger partial charge in [-0.3, -0.25) is 4.79 Å². The number of rotatable bonds is 5. The quantitative estimate of drug-likeness (QED) is 0.689. The standard InChI is InChI=1S/C25H38N2O/c1-18(2)21-5-7-23(8-6-21)27-16-25(17-27)14-20(15-25)13-24(28)26-11-9-22(10-12-26)19(3)4/h5-8,18-20,22H,9-17H2,1-4H3. The van der Waals surface area contributed by atoms with Crippen LogP contribution in [0.5, 0.6) is 0 Å². The lowest BCUT2D eigenvalue weighted by molar-refractivity contribution is -0.136. The lowest BCUT2D eigenvalue weighted by atomic mass is 9.57. The molecule has 0 bridgehead atoms. The molecule has 28 heavy (non-hydrogen) atoms. The molecule has 0 radical (unpaired) electrons. The Bertz CT molecular complexity index is 671. The van der Waals surface area contributed by atoms with Crippen molar-refractivity contribution in [2.24, 2.45) is 23.2 Å². The van der Waals surface area contributed by atoms with Crippen LogP contribution in [0.1, 0.15) is 71.3 Å². The molecule has 154 valence electrons. The minimum absolute atomic E-state index is 0.419. The van der Waals surface area contributed by atoms with Crippen molar-refractivity contribution in [2.75, 3.05) is 31.1 Å². The van der Waals surface area contributed by atoms with E-state index in [9.17, 15) is 4.79 Å². The first kappa shape index (κ1) is 19.8. The van der Waals surface area contributed by atoms with Crippen LogP contribution in [-0.4, -0.2) is 37.0 Å². The molecule has 1 aromatic carbocycles. The first-order chi connectivity index (χ1) is 13.3. The average Bonchev–Trinajstić information content (AvgIpc) is 2.62. The highest BCUT2D eigenvalue weighted by Crippen LogP contribution is 2.54. The molecule has 4 rings (SSSR count). The second kappa shape index (κ2) is 7.72. The van der Waals surface area contributed by atoms with E-state index in [1.54, 1.807) is 0 Å². The Kier molecular flexibility index (Phi) is 5.46. The van der Waals surface area contributed by atoms with Crippen molar-refractivity contribution in [2.45, 2.75) is 65.7 Å². The summed E-state index contributed by atoms with van der Waals surface area (Å²) >= 11 is 0. The molecule has 3 aliphatic rings. The van der Waals surface area contributed by atoms with Crippen molar-refractivity contribution >= 4 is 11.6 Å². The molecule has 2 saturated heterocycles. The fraction of sp³-hybridized carbons (Fsp3) is 0.720. The molecule has 3 fully saturated rings. The molecule has 2 aliphatic heterocycles. The molecule has 1 spiro atoms. The monoisotopic (exact) mass is 382 g/mol. The van der Waals surface area contributed by atoms with Gasteiger partial charge in [0.25, 0.3) is 0 Å². The molecule has 1 amide bonds. The molecule has 0 atom stereocenters. The zero-order valence-corrected chi connectivity index (χ0v) is 18.3. The van der Waals surface area contributed by atoms with Gasteiger partial charge in [-0.15, -0.1) is 0 Å². The normalized spacial score (nSPS) is 22.6. The van der Waals surface area contributed by atoms with Crippen LogP contribution in [0.2, 0.25) is 0 Å². The number of hydrogen-bond acceptors (Lipinski definition) is 2. The van der Waals surface area contributed by atoms with Crippen LogP contribution in [-0.2, 0) is 4.79 Å². The minimum Gasteiger partial charge on any atom is -0.370 e. The number of nitrogens with zero attached hydrogens (tertiary/aromatic N) is 2. The third-order valence-electron chi connectivity index (χ3n) is 7.72. The van der Waals surface area contributed by atoms with Gasteiger partial charge >= 0.3 is 0 Å². The summed E-state index contributed by atoms with van der Waals surface area (Å²) in [6.07, 6.45) is 5.69. The number of carbonyl (C=O) groups excluding carboxylic acids is 1. The molecule has 0 N–H and O–H groups in total. The second-order valence-corrected chi connectivity index (χ2v) is 10.5. The zero-order valence-electron chi connectivity index (χ0n) is 18.3. The summed E-state index contributed by atoms with van der Waals surface area (Å²) < 4.78 is 0. The SMILES string of the molecule is CC(C)c1ccc(N2CC3(CC(CC(=O)N4CCC(C(C)C)CC4)C3)C2)cc1. The largest absolute Gasteiger partial charge is 0.370 e. The smallest absolute Gasteiger partial charge is 0.222 e. The molecule has 3 heteroatoms. The maximum Gasteiger partial charge on any atom is 0.222 e. The van der Waals surface area contributed by atoms with Gasteiger partial charge in [-0.05, 0) is 67.1 Å². The molecule has 3 nitrogen and oxygen atoms in total. The van der Waals surface area contributed by atoms with Gasteiger partial charge in [-0.25, -0.2) is 0 Å². The van der Waals surface area contributed by atoms with Gasteiger partial charge in [0.1, 0.15) is 0 Å². The van der Waals surface area contributed by atoms with Crippen molar-refractivity contribution in [3.63, 3.8) is 0 Å². The molecule has 0 aromatic heterocycles. The number of anilines is 1. The van der Waals surface area contributed by atoms with E-state index in [4.69, 9.17) is 0 Å². The van der Waals surface area contributed by atoms with E-state index in [0.717, 1.165) is 31.3 Å². The Morgan fingerprint density at radius 1 is 1.04 bits per heavy atom. The lowest BCUT2D eigenvalue weighted by Gasteiger charge is -2.60. The van der Waals surface area contributed by atoms with Crippen LogP contribution < -0.4 is 4.90 Å². The van der Waals surface area contributed by atoms with Crippen LogP contribution >= 0.6 is 0 Å². The Balaban J connectivity index is 1.19. The summed E-state index contributed by atoms with van der Waals surface area (Å²) in [5.74, 6) is 3.21. The Labute approximate surface area is 171 Å². The Morgan fingerprint density at radius 2 is 1.64 bits per heavy atom. The van der Waals surface area contributed by atoms with E-state index >= 15 is 0 Å². The average molecular weight is 383 g/mol. The van der Waals surface area contributed by atoms with Crippen molar-refractivity contribution in [1.29, 1.82) is 0 Å².